The number of nitrogens with one attached hydrogen (secondary N) is 1. The van der Waals surface area contributed by atoms with E-state index in [9.17, 15) is 4.39 Å². The average molecular weight is 253 g/mol. The fourth-order valence-corrected chi connectivity index (χ4v) is 2.33. The lowest BCUT2D eigenvalue weighted by Crippen LogP contribution is -2.26. The van der Waals surface area contributed by atoms with Gasteiger partial charge in [-0.3, -0.25) is 0 Å². The van der Waals surface area contributed by atoms with Crippen molar-refractivity contribution < 1.29 is 13.9 Å². The van der Waals surface area contributed by atoms with E-state index in [1.807, 2.05) is 13.0 Å². The summed E-state index contributed by atoms with van der Waals surface area (Å²) < 4.78 is 24.1. The molecule has 1 fully saturated rings. The van der Waals surface area contributed by atoms with Gasteiger partial charge in [0.05, 0.1) is 13.2 Å². The van der Waals surface area contributed by atoms with E-state index < -0.39 is 0 Å². The summed E-state index contributed by atoms with van der Waals surface area (Å²) in [6.07, 6.45) is 0.596. The maximum atomic E-state index is 13.1. The third kappa shape index (κ3) is 3.28. The van der Waals surface area contributed by atoms with E-state index >= 15 is 0 Å². The monoisotopic (exact) mass is 253 g/mol. The Balaban J connectivity index is 2.12. The van der Waals surface area contributed by atoms with E-state index in [0.717, 1.165) is 24.1 Å². The van der Waals surface area contributed by atoms with Crippen LogP contribution in [0.2, 0.25) is 0 Å². The van der Waals surface area contributed by atoms with Gasteiger partial charge >= 0.3 is 0 Å². The number of halogens is 1. The van der Waals surface area contributed by atoms with Crippen LogP contribution in [0.25, 0.3) is 0 Å². The molecule has 0 aliphatic carbocycles. The van der Waals surface area contributed by atoms with Crippen molar-refractivity contribution in [1.82, 2.24) is 5.32 Å². The van der Waals surface area contributed by atoms with E-state index in [1.54, 1.807) is 6.07 Å². The van der Waals surface area contributed by atoms with Crippen molar-refractivity contribution in [2.24, 2.45) is 0 Å². The van der Waals surface area contributed by atoms with Crippen LogP contribution in [0.5, 0.6) is 0 Å². The van der Waals surface area contributed by atoms with Gasteiger partial charge in [0.25, 0.3) is 0 Å². The van der Waals surface area contributed by atoms with Gasteiger partial charge in [-0.25, -0.2) is 4.39 Å². The SMILES string of the molecule is CCNC(CC1OCCO1)c1ccc(F)cc1C. The van der Waals surface area contributed by atoms with Gasteiger partial charge in [-0.15, -0.1) is 0 Å². The first kappa shape index (κ1) is 13.5. The second-order valence-electron chi connectivity index (χ2n) is 4.52. The van der Waals surface area contributed by atoms with E-state index in [0.29, 0.717) is 13.2 Å². The number of ether oxygens (including phenoxy) is 2. The van der Waals surface area contributed by atoms with Gasteiger partial charge in [-0.2, -0.15) is 0 Å². The van der Waals surface area contributed by atoms with Crippen LogP contribution in [0.4, 0.5) is 4.39 Å². The van der Waals surface area contributed by atoms with Gasteiger partial charge in [0.2, 0.25) is 0 Å². The molecule has 100 valence electrons. The summed E-state index contributed by atoms with van der Waals surface area (Å²) in [6, 6.07) is 5.05. The molecule has 0 radical (unpaired) electrons. The molecule has 1 saturated heterocycles. The van der Waals surface area contributed by atoms with E-state index in [4.69, 9.17) is 9.47 Å². The fraction of sp³-hybridized carbons (Fsp3) is 0.571. The molecule has 1 heterocycles. The number of benzene rings is 1. The summed E-state index contributed by atoms with van der Waals surface area (Å²) >= 11 is 0. The van der Waals surface area contributed by atoms with Crippen molar-refractivity contribution in [3.05, 3.63) is 35.1 Å². The molecule has 3 nitrogen and oxygen atoms in total. The van der Waals surface area contributed by atoms with Crippen LogP contribution in [-0.2, 0) is 9.47 Å². The summed E-state index contributed by atoms with van der Waals surface area (Å²) in [5, 5.41) is 3.40. The smallest absolute Gasteiger partial charge is 0.159 e. The fourth-order valence-electron chi connectivity index (χ4n) is 2.33. The minimum absolute atomic E-state index is 0.138. The molecule has 0 spiro atoms. The van der Waals surface area contributed by atoms with Crippen molar-refractivity contribution in [2.45, 2.75) is 32.6 Å². The van der Waals surface area contributed by atoms with Crippen molar-refractivity contribution in [2.75, 3.05) is 19.8 Å². The lowest BCUT2D eigenvalue weighted by atomic mass is 9.98. The lowest BCUT2D eigenvalue weighted by Gasteiger charge is -2.22. The first-order chi connectivity index (χ1) is 8.70. The Morgan fingerprint density at radius 2 is 2.11 bits per heavy atom. The maximum Gasteiger partial charge on any atom is 0.159 e. The first-order valence-corrected chi connectivity index (χ1v) is 6.43. The van der Waals surface area contributed by atoms with Gasteiger partial charge in [-0.05, 0) is 36.7 Å². The molecule has 0 bridgehead atoms. The largest absolute Gasteiger partial charge is 0.350 e. The number of rotatable bonds is 5. The Labute approximate surface area is 107 Å². The molecule has 1 unspecified atom stereocenters. The Morgan fingerprint density at radius 3 is 2.72 bits per heavy atom. The highest BCUT2D eigenvalue weighted by Gasteiger charge is 2.23. The summed E-state index contributed by atoms with van der Waals surface area (Å²) in [4.78, 5) is 0. The predicted molar refractivity (Wildman–Crippen MR) is 67.9 cm³/mol. The third-order valence-corrected chi connectivity index (χ3v) is 3.18. The molecular weight excluding hydrogens is 233 g/mol. The Hall–Kier alpha value is -0.970. The van der Waals surface area contributed by atoms with Gasteiger partial charge in [0.1, 0.15) is 5.82 Å². The Morgan fingerprint density at radius 1 is 1.39 bits per heavy atom. The molecule has 1 aromatic rings. The van der Waals surface area contributed by atoms with Crippen LogP contribution in [0.15, 0.2) is 18.2 Å². The van der Waals surface area contributed by atoms with E-state index in [2.05, 4.69) is 12.2 Å². The quantitative estimate of drug-likeness (QED) is 0.874. The van der Waals surface area contributed by atoms with Gasteiger partial charge < -0.3 is 14.8 Å². The van der Waals surface area contributed by atoms with Crippen molar-refractivity contribution in [3.63, 3.8) is 0 Å². The number of hydrogen-bond donors (Lipinski definition) is 1. The molecule has 0 amide bonds. The van der Waals surface area contributed by atoms with Crippen LogP contribution in [-0.4, -0.2) is 26.0 Å². The molecule has 0 aromatic heterocycles. The molecule has 2 rings (SSSR count). The molecule has 1 aromatic carbocycles. The topological polar surface area (TPSA) is 30.5 Å². The zero-order valence-electron chi connectivity index (χ0n) is 10.9. The van der Waals surface area contributed by atoms with Crippen molar-refractivity contribution in [1.29, 1.82) is 0 Å². The zero-order valence-corrected chi connectivity index (χ0v) is 10.9. The molecule has 0 saturated carbocycles. The minimum atomic E-state index is -0.195. The van der Waals surface area contributed by atoms with Crippen LogP contribution in [0.3, 0.4) is 0 Å². The van der Waals surface area contributed by atoms with Crippen LogP contribution in [0.1, 0.15) is 30.5 Å². The van der Waals surface area contributed by atoms with Crippen LogP contribution < -0.4 is 5.32 Å². The standard InChI is InChI=1S/C14H20FNO2/c1-3-16-13(9-14-17-6-7-18-14)12-5-4-11(15)8-10(12)2/h4-5,8,13-14,16H,3,6-7,9H2,1-2H3. The summed E-state index contributed by atoms with van der Waals surface area (Å²) in [5.74, 6) is -0.195. The number of aryl methyl sites for hydroxylation is 1. The molecule has 4 heteroatoms. The molecular formula is C14H20FNO2. The molecule has 1 aliphatic heterocycles. The van der Waals surface area contributed by atoms with Crippen LogP contribution >= 0.6 is 0 Å². The second-order valence-corrected chi connectivity index (χ2v) is 4.52. The molecule has 1 N–H and O–H groups in total. The highest BCUT2D eigenvalue weighted by atomic mass is 19.1. The Bertz CT molecular complexity index is 391. The van der Waals surface area contributed by atoms with Gasteiger partial charge in [0.15, 0.2) is 6.29 Å². The van der Waals surface area contributed by atoms with Crippen LogP contribution in [0, 0.1) is 12.7 Å². The van der Waals surface area contributed by atoms with E-state index in [-0.39, 0.29) is 18.1 Å². The number of hydrogen-bond acceptors (Lipinski definition) is 3. The highest BCUT2D eigenvalue weighted by Crippen LogP contribution is 2.25. The summed E-state index contributed by atoms with van der Waals surface area (Å²) in [5.41, 5.74) is 2.07. The van der Waals surface area contributed by atoms with E-state index in [1.165, 1.54) is 6.07 Å². The maximum absolute atomic E-state index is 13.1. The second kappa shape index (κ2) is 6.27. The molecule has 1 aliphatic rings. The Kier molecular flexibility index (Phi) is 4.69. The minimum Gasteiger partial charge on any atom is -0.350 e. The third-order valence-electron chi connectivity index (χ3n) is 3.18. The van der Waals surface area contributed by atoms with Crippen molar-refractivity contribution >= 4 is 0 Å². The lowest BCUT2D eigenvalue weighted by molar-refractivity contribution is -0.0529. The average Bonchev–Trinajstić information content (AvgIpc) is 2.81. The first-order valence-electron chi connectivity index (χ1n) is 6.43. The molecule has 1 atom stereocenters. The van der Waals surface area contributed by atoms with Gasteiger partial charge in [-0.1, -0.05) is 13.0 Å². The predicted octanol–water partition coefficient (Wildman–Crippen LogP) is 2.55. The summed E-state index contributed by atoms with van der Waals surface area (Å²) in [6.45, 7) is 6.16. The van der Waals surface area contributed by atoms with Gasteiger partial charge in [0, 0.05) is 12.5 Å². The normalized spacial score (nSPS) is 18.2. The molecule has 18 heavy (non-hydrogen) atoms. The van der Waals surface area contributed by atoms with Crippen molar-refractivity contribution in [3.8, 4) is 0 Å². The zero-order chi connectivity index (χ0) is 13.0. The highest BCUT2D eigenvalue weighted by molar-refractivity contribution is 5.29. The summed E-state index contributed by atoms with van der Waals surface area (Å²) in [7, 11) is 0.